The molecule has 0 radical (unpaired) electrons. The standard InChI is InChI=1S/C18H15NO4/c1-10-6-13-7-11(2-4-14(13)19-18(10)21)17(20)12-3-5-15-16(8-12)23-9-22-15/h2-8,17,20H,9H2,1H3,(H,19,21). The van der Waals surface area contributed by atoms with E-state index < -0.39 is 6.10 Å². The molecule has 1 unspecified atom stereocenters. The number of ether oxygens (including phenoxy) is 2. The summed E-state index contributed by atoms with van der Waals surface area (Å²) in [5.41, 5.74) is 2.79. The van der Waals surface area contributed by atoms with Crippen LogP contribution in [0.5, 0.6) is 11.5 Å². The molecule has 1 aliphatic heterocycles. The highest BCUT2D eigenvalue weighted by Gasteiger charge is 2.18. The third kappa shape index (κ3) is 2.35. The van der Waals surface area contributed by atoms with Gasteiger partial charge in [-0.3, -0.25) is 4.79 Å². The van der Waals surface area contributed by atoms with E-state index in [2.05, 4.69) is 4.98 Å². The van der Waals surface area contributed by atoms with Crippen LogP contribution < -0.4 is 15.0 Å². The molecule has 1 aromatic heterocycles. The van der Waals surface area contributed by atoms with Gasteiger partial charge >= 0.3 is 0 Å². The zero-order valence-electron chi connectivity index (χ0n) is 12.5. The predicted octanol–water partition coefficient (Wildman–Crippen LogP) is 2.65. The number of aryl methyl sites for hydroxylation is 1. The lowest BCUT2D eigenvalue weighted by molar-refractivity contribution is 0.173. The van der Waals surface area contributed by atoms with E-state index in [9.17, 15) is 9.90 Å². The Bertz CT molecular complexity index is 961. The fraction of sp³-hybridized carbons (Fsp3) is 0.167. The molecule has 116 valence electrons. The van der Waals surface area contributed by atoms with E-state index in [0.29, 0.717) is 17.1 Å². The highest BCUT2D eigenvalue weighted by molar-refractivity contribution is 5.79. The smallest absolute Gasteiger partial charge is 0.251 e. The summed E-state index contributed by atoms with van der Waals surface area (Å²) in [5.74, 6) is 1.33. The Balaban J connectivity index is 1.76. The van der Waals surface area contributed by atoms with Gasteiger partial charge in [0.2, 0.25) is 6.79 Å². The van der Waals surface area contributed by atoms with Crippen molar-refractivity contribution < 1.29 is 14.6 Å². The van der Waals surface area contributed by atoms with E-state index in [1.54, 1.807) is 19.1 Å². The number of aliphatic hydroxyl groups is 1. The Morgan fingerprint density at radius 2 is 1.78 bits per heavy atom. The Morgan fingerprint density at radius 1 is 1.04 bits per heavy atom. The molecule has 0 spiro atoms. The molecule has 1 aliphatic rings. The van der Waals surface area contributed by atoms with Crippen LogP contribution in [0, 0.1) is 6.92 Å². The van der Waals surface area contributed by atoms with Crippen LogP contribution in [-0.2, 0) is 0 Å². The fourth-order valence-corrected chi connectivity index (χ4v) is 2.78. The highest BCUT2D eigenvalue weighted by atomic mass is 16.7. The van der Waals surface area contributed by atoms with Crippen molar-refractivity contribution >= 4 is 10.9 Å². The maximum absolute atomic E-state index is 11.7. The number of fused-ring (bicyclic) bond motifs is 2. The van der Waals surface area contributed by atoms with Crippen molar-refractivity contribution in [1.82, 2.24) is 4.98 Å². The largest absolute Gasteiger partial charge is 0.454 e. The number of aromatic amines is 1. The molecule has 0 saturated heterocycles. The van der Waals surface area contributed by atoms with Gasteiger partial charge in [-0.05, 0) is 53.8 Å². The lowest BCUT2D eigenvalue weighted by Gasteiger charge is -2.13. The predicted molar refractivity (Wildman–Crippen MR) is 85.9 cm³/mol. The Morgan fingerprint density at radius 3 is 2.65 bits per heavy atom. The van der Waals surface area contributed by atoms with E-state index in [0.717, 1.165) is 22.0 Å². The minimum Gasteiger partial charge on any atom is -0.454 e. The number of nitrogens with one attached hydrogen (secondary N) is 1. The van der Waals surface area contributed by atoms with Crippen LogP contribution in [0.15, 0.2) is 47.3 Å². The van der Waals surface area contributed by atoms with Gasteiger partial charge in [-0.25, -0.2) is 0 Å². The summed E-state index contributed by atoms with van der Waals surface area (Å²) in [6, 6.07) is 12.7. The van der Waals surface area contributed by atoms with Crippen LogP contribution in [0.1, 0.15) is 22.8 Å². The summed E-state index contributed by atoms with van der Waals surface area (Å²) in [4.78, 5) is 14.5. The molecule has 4 rings (SSSR count). The number of benzene rings is 2. The van der Waals surface area contributed by atoms with Gasteiger partial charge in [0.05, 0.1) is 0 Å². The van der Waals surface area contributed by atoms with Crippen molar-refractivity contribution in [3.63, 3.8) is 0 Å². The number of aliphatic hydroxyl groups excluding tert-OH is 1. The SMILES string of the molecule is Cc1cc2cc(C(O)c3ccc4c(c3)OCO4)ccc2[nH]c1=O. The van der Waals surface area contributed by atoms with E-state index in [1.807, 2.05) is 30.3 Å². The topological polar surface area (TPSA) is 71.5 Å². The van der Waals surface area contributed by atoms with Gasteiger partial charge in [-0.1, -0.05) is 12.1 Å². The normalized spacial score (nSPS) is 14.2. The third-order valence-electron chi connectivity index (χ3n) is 4.08. The van der Waals surface area contributed by atoms with Crippen LogP contribution in [0.25, 0.3) is 10.9 Å². The third-order valence-corrected chi connectivity index (χ3v) is 4.08. The first kappa shape index (κ1) is 13.8. The number of rotatable bonds is 2. The van der Waals surface area contributed by atoms with Gasteiger partial charge in [0.15, 0.2) is 11.5 Å². The molecule has 2 N–H and O–H groups in total. The molecular formula is C18H15NO4. The first-order valence-electron chi connectivity index (χ1n) is 7.33. The van der Waals surface area contributed by atoms with Crippen molar-refractivity contribution in [2.75, 3.05) is 6.79 Å². The van der Waals surface area contributed by atoms with E-state index in [-0.39, 0.29) is 12.4 Å². The quantitative estimate of drug-likeness (QED) is 0.763. The van der Waals surface area contributed by atoms with E-state index in [1.165, 1.54) is 0 Å². The molecule has 2 aromatic carbocycles. The van der Waals surface area contributed by atoms with Crippen molar-refractivity contribution in [1.29, 1.82) is 0 Å². The maximum atomic E-state index is 11.7. The highest BCUT2D eigenvalue weighted by Crippen LogP contribution is 2.35. The molecular weight excluding hydrogens is 294 g/mol. The zero-order chi connectivity index (χ0) is 16.0. The summed E-state index contributed by atoms with van der Waals surface area (Å²) in [6.45, 7) is 1.97. The molecule has 0 saturated carbocycles. The molecule has 23 heavy (non-hydrogen) atoms. The average Bonchev–Trinajstić information content (AvgIpc) is 3.02. The summed E-state index contributed by atoms with van der Waals surface area (Å²) >= 11 is 0. The first-order valence-corrected chi connectivity index (χ1v) is 7.33. The summed E-state index contributed by atoms with van der Waals surface area (Å²) < 4.78 is 10.6. The zero-order valence-corrected chi connectivity index (χ0v) is 12.5. The molecule has 0 aliphatic carbocycles. The van der Waals surface area contributed by atoms with Crippen molar-refractivity contribution in [3.05, 3.63) is 69.5 Å². The fourth-order valence-electron chi connectivity index (χ4n) is 2.78. The van der Waals surface area contributed by atoms with Crippen LogP contribution in [0.4, 0.5) is 0 Å². The summed E-state index contributed by atoms with van der Waals surface area (Å²) in [5, 5.41) is 11.5. The van der Waals surface area contributed by atoms with Crippen LogP contribution in [0.3, 0.4) is 0 Å². The molecule has 0 fully saturated rings. The number of H-pyrrole nitrogens is 1. The van der Waals surface area contributed by atoms with Crippen LogP contribution in [0.2, 0.25) is 0 Å². The second-order valence-corrected chi connectivity index (χ2v) is 5.64. The second-order valence-electron chi connectivity index (χ2n) is 5.64. The van der Waals surface area contributed by atoms with E-state index >= 15 is 0 Å². The molecule has 0 amide bonds. The summed E-state index contributed by atoms with van der Waals surface area (Å²) in [6.07, 6.45) is -0.777. The van der Waals surface area contributed by atoms with Crippen LogP contribution >= 0.6 is 0 Å². The Kier molecular flexibility index (Phi) is 3.09. The van der Waals surface area contributed by atoms with Gasteiger partial charge in [0.1, 0.15) is 6.10 Å². The Labute approximate surface area is 132 Å². The lowest BCUT2D eigenvalue weighted by atomic mass is 9.99. The number of hydrogen-bond donors (Lipinski definition) is 2. The molecule has 5 nitrogen and oxygen atoms in total. The van der Waals surface area contributed by atoms with Gasteiger partial charge < -0.3 is 19.6 Å². The molecule has 0 bridgehead atoms. The number of hydrogen-bond acceptors (Lipinski definition) is 4. The molecule has 1 atom stereocenters. The van der Waals surface area contributed by atoms with Gasteiger partial charge in [-0.2, -0.15) is 0 Å². The van der Waals surface area contributed by atoms with E-state index in [4.69, 9.17) is 9.47 Å². The average molecular weight is 309 g/mol. The maximum Gasteiger partial charge on any atom is 0.251 e. The van der Waals surface area contributed by atoms with Crippen molar-refractivity contribution in [3.8, 4) is 11.5 Å². The monoisotopic (exact) mass is 309 g/mol. The Hall–Kier alpha value is -2.79. The van der Waals surface area contributed by atoms with Crippen molar-refractivity contribution in [2.45, 2.75) is 13.0 Å². The second kappa shape index (κ2) is 5.14. The van der Waals surface area contributed by atoms with Crippen molar-refractivity contribution in [2.24, 2.45) is 0 Å². The molecule has 3 aromatic rings. The molecule has 2 heterocycles. The number of aromatic nitrogens is 1. The lowest BCUT2D eigenvalue weighted by Crippen LogP contribution is -2.09. The van der Waals surface area contributed by atoms with Gasteiger partial charge in [-0.15, -0.1) is 0 Å². The minimum absolute atomic E-state index is 0.0958. The van der Waals surface area contributed by atoms with Crippen LogP contribution in [-0.4, -0.2) is 16.9 Å². The minimum atomic E-state index is -0.777. The summed E-state index contributed by atoms with van der Waals surface area (Å²) in [7, 11) is 0. The number of pyridine rings is 1. The van der Waals surface area contributed by atoms with Gasteiger partial charge in [0, 0.05) is 11.1 Å². The first-order chi connectivity index (χ1) is 11.1. The van der Waals surface area contributed by atoms with Gasteiger partial charge in [0.25, 0.3) is 5.56 Å². The molecule has 5 heteroatoms.